The van der Waals surface area contributed by atoms with Crippen LogP contribution in [0.15, 0.2) is 42.5 Å². The Morgan fingerprint density at radius 1 is 1.26 bits per heavy atom. The lowest BCUT2D eigenvalue weighted by molar-refractivity contribution is 0.102. The molecule has 0 aliphatic heterocycles. The summed E-state index contributed by atoms with van der Waals surface area (Å²) in [5.41, 5.74) is 2.36. The van der Waals surface area contributed by atoms with Crippen molar-refractivity contribution in [2.75, 3.05) is 12.4 Å². The second-order valence-corrected chi connectivity index (χ2v) is 7.19. The number of aromatic nitrogens is 4. The number of benzene rings is 2. The van der Waals surface area contributed by atoms with Gasteiger partial charge in [-0.05, 0) is 43.3 Å². The Morgan fingerprint density at radius 3 is 2.89 bits per heavy atom. The number of halogens is 1. The minimum Gasteiger partial charge on any atom is -0.497 e. The summed E-state index contributed by atoms with van der Waals surface area (Å²) in [6, 6.07) is 12.7. The van der Waals surface area contributed by atoms with Crippen LogP contribution in [0.4, 0.5) is 5.13 Å². The minimum atomic E-state index is -0.369. The van der Waals surface area contributed by atoms with E-state index in [2.05, 4.69) is 20.6 Å². The number of nitrogens with one attached hydrogen (secondary N) is 1. The molecular weight excluding hydrogens is 386 g/mol. The van der Waals surface area contributed by atoms with Gasteiger partial charge in [-0.15, -0.1) is 5.10 Å². The summed E-state index contributed by atoms with van der Waals surface area (Å²) in [6.07, 6.45) is 0. The average Bonchev–Trinajstić information content (AvgIpc) is 3.23. The van der Waals surface area contributed by atoms with Crippen LogP contribution in [0.5, 0.6) is 5.75 Å². The molecule has 0 bridgehead atoms. The zero-order chi connectivity index (χ0) is 19.0. The van der Waals surface area contributed by atoms with Crippen LogP contribution < -0.4 is 10.1 Å². The highest BCUT2D eigenvalue weighted by Crippen LogP contribution is 2.29. The molecule has 4 aromatic rings. The van der Waals surface area contributed by atoms with E-state index in [4.69, 9.17) is 16.3 Å². The lowest BCUT2D eigenvalue weighted by Gasteiger charge is -2.04. The second kappa shape index (κ2) is 6.98. The third-order valence-electron chi connectivity index (χ3n) is 3.98. The molecule has 0 saturated carbocycles. The number of methoxy groups -OCH3 is 1. The van der Waals surface area contributed by atoms with E-state index in [1.165, 1.54) is 11.3 Å². The van der Waals surface area contributed by atoms with Crippen LogP contribution in [0.1, 0.15) is 16.2 Å². The van der Waals surface area contributed by atoms with Gasteiger partial charge in [0.05, 0.1) is 28.7 Å². The molecule has 0 unspecified atom stereocenters. The summed E-state index contributed by atoms with van der Waals surface area (Å²) in [5, 5.41) is 11.9. The number of ether oxygens (including phenoxy) is 1. The quantitative estimate of drug-likeness (QED) is 0.558. The molecule has 1 amide bonds. The van der Waals surface area contributed by atoms with E-state index < -0.39 is 0 Å². The highest BCUT2D eigenvalue weighted by molar-refractivity contribution is 7.22. The first-order valence-corrected chi connectivity index (χ1v) is 9.19. The summed E-state index contributed by atoms with van der Waals surface area (Å²) in [7, 11) is 1.61. The maximum absolute atomic E-state index is 12.6. The Hall–Kier alpha value is -2.97. The normalized spacial score (nSPS) is 10.9. The number of hydrogen-bond acceptors (Lipinski definition) is 6. The number of fused-ring (bicyclic) bond motifs is 1. The van der Waals surface area contributed by atoms with Gasteiger partial charge in [0.2, 0.25) is 0 Å². The molecule has 0 saturated heterocycles. The molecule has 0 aliphatic rings. The molecule has 0 fully saturated rings. The summed E-state index contributed by atoms with van der Waals surface area (Å²) in [5.74, 6) is 0.371. The summed E-state index contributed by atoms with van der Waals surface area (Å²) < 4.78 is 7.71. The van der Waals surface area contributed by atoms with Crippen LogP contribution in [-0.4, -0.2) is 33.0 Å². The van der Waals surface area contributed by atoms with Crippen molar-refractivity contribution in [3.63, 3.8) is 0 Å². The Balaban J connectivity index is 1.60. The molecule has 0 atom stereocenters. The van der Waals surface area contributed by atoms with Crippen LogP contribution in [0.2, 0.25) is 5.02 Å². The van der Waals surface area contributed by atoms with Gasteiger partial charge in [0, 0.05) is 5.02 Å². The fourth-order valence-corrected chi connectivity index (χ4v) is 3.71. The van der Waals surface area contributed by atoms with Gasteiger partial charge in [0.15, 0.2) is 10.8 Å². The van der Waals surface area contributed by atoms with Crippen molar-refractivity contribution in [1.29, 1.82) is 0 Å². The Labute approximate surface area is 163 Å². The SMILES string of the molecule is COc1ccc2nc(NC(=O)c3nnn(-c4cccc(Cl)c4)c3C)sc2c1. The predicted octanol–water partition coefficient (Wildman–Crippen LogP) is 4.10. The van der Waals surface area contributed by atoms with Crippen LogP contribution in [0.3, 0.4) is 0 Å². The molecule has 136 valence electrons. The fourth-order valence-electron chi connectivity index (χ4n) is 2.63. The second-order valence-electron chi connectivity index (χ2n) is 5.72. The molecule has 2 aromatic heterocycles. The van der Waals surface area contributed by atoms with E-state index in [0.717, 1.165) is 21.7 Å². The number of hydrogen-bond donors (Lipinski definition) is 1. The number of nitrogens with zero attached hydrogens (tertiary/aromatic N) is 4. The summed E-state index contributed by atoms with van der Waals surface area (Å²) >= 11 is 7.39. The molecule has 0 radical (unpaired) electrons. The first-order valence-electron chi connectivity index (χ1n) is 7.99. The first-order chi connectivity index (χ1) is 13.0. The van der Waals surface area contributed by atoms with E-state index in [9.17, 15) is 4.79 Å². The Morgan fingerprint density at radius 2 is 2.11 bits per heavy atom. The van der Waals surface area contributed by atoms with Crippen molar-refractivity contribution in [2.45, 2.75) is 6.92 Å². The van der Waals surface area contributed by atoms with E-state index in [1.807, 2.05) is 30.3 Å². The van der Waals surface area contributed by atoms with E-state index in [0.29, 0.717) is 15.8 Å². The van der Waals surface area contributed by atoms with Crippen LogP contribution in [-0.2, 0) is 0 Å². The topological polar surface area (TPSA) is 81.9 Å². The predicted molar refractivity (Wildman–Crippen MR) is 105 cm³/mol. The van der Waals surface area contributed by atoms with Crippen molar-refractivity contribution >= 4 is 44.2 Å². The minimum absolute atomic E-state index is 0.229. The highest BCUT2D eigenvalue weighted by atomic mass is 35.5. The molecule has 0 aliphatic carbocycles. The number of carbonyl (C=O) groups is 1. The molecule has 0 spiro atoms. The van der Waals surface area contributed by atoms with E-state index in [1.54, 1.807) is 30.8 Å². The maximum Gasteiger partial charge on any atom is 0.279 e. The first kappa shape index (κ1) is 17.4. The number of thiazole rings is 1. The Kier molecular flexibility index (Phi) is 4.51. The summed E-state index contributed by atoms with van der Waals surface area (Å²) in [4.78, 5) is 17.1. The number of anilines is 1. The zero-order valence-electron chi connectivity index (χ0n) is 14.4. The molecule has 27 heavy (non-hydrogen) atoms. The molecule has 2 heterocycles. The van der Waals surface area contributed by atoms with Crippen molar-refractivity contribution in [1.82, 2.24) is 20.0 Å². The van der Waals surface area contributed by atoms with E-state index >= 15 is 0 Å². The van der Waals surface area contributed by atoms with Crippen molar-refractivity contribution < 1.29 is 9.53 Å². The lowest BCUT2D eigenvalue weighted by atomic mass is 10.3. The molecule has 4 rings (SSSR count). The maximum atomic E-state index is 12.6. The monoisotopic (exact) mass is 399 g/mol. The van der Waals surface area contributed by atoms with Gasteiger partial charge in [0.25, 0.3) is 5.91 Å². The van der Waals surface area contributed by atoms with Gasteiger partial charge < -0.3 is 4.74 Å². The number of amides is 1. The molecule has 1 N–H and O–H groups in total. The molecule has 2 aromatic carbocycles. The summed E-state index contributed by atoms with van der Waals surface area (Å²) in [6.45, 7) is 1.78. The van der Waals surface area contributed by atoms with E-state index in [-0.39, 0.29) is 11.6 Å². The van der Waals surface area contributed by atoms with Gasteiger partial charge in [-0.3, -0.25) is 10.1 Å². The molecule has 9 heteroatoms. The van der Waals surface area contributed by atoms with Crippen LogP contribution in [0, 0.1) is 6.92 Å². The van der Waals surface area contributed by atoms with Crippen molar-refractivity contribution in [3.05, 3.63) is 58.9 Å². The molecular formula is C18H14ClN5O2S. The fraction of sp³-hybridized carbons (Fsp3) is 0.111. The Bertz CT molecular complexity index is 1150. The largest absolute Gasteiger partial charge is 0.497 e. The lowest BCUT2D eigenvalue weighted by Crippen LogP contribution is -2.14. The van der Waals surface area contributed by atoms with Crippen molar-refractivity contribution in [3.8, 4) is 11.4 Å². The number of carbonyl (C=O) groups excluding carboxylic acids is 1. The standard InChI is InChI=1S/C18H14ClN5O2S/c1-10-16(22-23-24(10)12-5-3-4-11(19)8-12)17(25)21-18-20-14-7-6-13(26-2)9-15(14)27-18/h3-9H,1-2H3,(H,20,21,25). The third-order valence-corrected chi connectivity index (χ3v) is 5.15. The van der Waals surface area contributed by atoms with Crippen LogP contribution >= 0.6 is 22.9 Å². The van der Waals surface area contributed by atoms with Gasteiger partial charge in [0.1, 0.15) is 5.75 Å². The van der Waals surface area contributed by atoms with Crippen LogP contribution in [0.25, 0.3) is 15.9 Å². The average molecular weight is 400 g/mol. The van der Waals surface area contributed by atoms with Gasteiger partial charge in [-0.25, -0.2) is 9.67 Å². The van der Waals surface area contributed by atoms with Gasteiger partial charge in [-0.1, -0.05) is 34.2 Å². The highest BCUT2D eigenvalue weighted by Gasteiger charge is 2.19. The van der Waals surface area contributed by atoms with Gasteiger partial charge in [-0.2, -0.15) is 0 Å². The van der Waals surface area contributed by atoms with Crippen molar-refractivity contribution in [2.24, 2.45) is 0 Å². The molecule has 7 nitrogen and oxygen atoms in total. The van der Waals surface area contributed by atoms with Gasteiger partial charge >= 0.3 is 0 Å². The smallest absolute Gasteiger partial charge is 0.279 e. The third kappa shape index (κ3) is 3.36. The zero-order valence-corrected chi connectivity index (χ0v) is 16.0. The number of rotatable bonds is 4.